The summed E-state index contributed by atoms with van der Waals surface area (Å²) in [4.78, 5) is 16.8. The number of H-pyrrole nitrogens is 1. The van der Waals surface area contributed by atoms with Crippen molar-refractivity contribution in [3.8, 4) is 0 Å². The number of aromatic nitrogens is 1. The van der Waals surface area contributed by atoms with Crippen LogP contribution in [0.2, 0.25) is 5.02 Å². The maximum atomic E-state index is 12.1. The quantitative estimate of drug-likeness (QED) is 0.892. The molecule has 2 aromatic rings. The Morgan fingerprint density at radius 1 is 1.42 bits per heavy atom. The number of anilines is 2. The Morgan fingerprint density at radius 2 is 2.16 bits per heavy atom. The molecule has 0 bridgehead atoms. The fraction of sp³-hybridized carbons (Fsp3) is 0.154. The summed E-state index contributed by atoms with van der Waals surface area (Å²) in [6, 6.07) is 7.12. The van der Waals surface area contributed by atoms with Gasteiger partial charge in [0, 0.05) is 24.8 Å². The van der Waals surface area contributed by atoms with Crippen LogP contribution in [-0.4, -0.2) is 25.0 Å². The van der Waals surface area contributed by atoms with Gasteiger partial charge in [-0.1, -0.05) is 17.7 Å². The number of rotatable bonds is 3. The van der Waals surface area contributed by atoms with Gasteiger partial charge in [0.1, 0.15) is 5.69 Å². The van der Waals surface area contributed by atoms with Crippen molar-refractivity contribution in [3.05, 3.63) is 45.7 Å². The molecule has 0 fully saturated rings. The molecule has 0 aliphatic rings. The molecule has 1 amide bonds. The van der Waals surface area contributed by atoms with Crippen molar-refractivity contribution in [2.75, 3.05) is 24.3 Å². The molecule has 1 heterocycles. The van der Waals surface area contributed by atoms with Crippen LogP contribution in [0.25, 0.3) is 0 Å². The van der Waals surface area contributed by atoms with Gasteiger partial charge in [-0.2, -0.15) is 0 Å². The second-order valence-electron chi connectivity index (χ2n) is 4.22. The first-order valence-electron chi connectivity index (χ1n) is 5.60. The number of nitrogens with zero attached hydrogens (tertiary/aromatic N) is 1. The van der Waals surface area contributed by atoms with E-state index in [1.165, 1.54) is 0 Å². The van der Waals surface area contributed by atoms with Crippen LogP contribution in [0.15, 0.2) is 34.9 Å². The van der Waals surface area contributed by atoms with E-state index in [-0.39, 0.29) is 5.91 Å². The maximum Gasteiger partial charge on any atom is 0.272 e. The summed E-state index contributed by atoms with van der Waals surface area (Å²) in [5.41, 5.74) is 1.94. The fourth-order valence-corrected chi connectivity index (χ4v) is 2.45. The van der Waals surface area contributed by atoms with E-state index in [9.17, 15) is 4.79 Å². The maximum absolute atomic E-state index is 12.1. The SMILES string of the molecule is CN(C)c1c(Cl)cccc1NC(=O)c1cc(Br)c[nH]1. The number of aromatic amines is 1. The molecule has 1 aromatic heterocycles. The van der Waals surface area contributed by atoms with Crippen molar-refractivity contribution >= 4 is 44.8 Å². The second kappa shape index (κ2) is 5.67. The van der Waals surface area contributed by atoms with E-state index in [1.807, 2.05) is 25.1 Å². The number of hydrogen-bond acceptors (Lipinski definition) is 2. The molecule has 0 saturated heterocycles. The minimum atomic E-state index is -0.212. The zero-order valence-corrected chi connectivity index (χ0v) is 12.8. The zero-order chi connectivity index (χ0) is 14.0. The van der Waals surface area contributed by atoms with Gasteiger partial charge < -0.3 is 15.2 Å². The highest BCUT2D eigenvalue weighted by atomic mass is 79.9. The molecule has 0 aliphatic heterocycles. The summed E-state index contributed by atoms with van der Waals surface area (Å²) in [6.07, 6.45) is 1.71. The Bertz CT molecular complexity index is 610. The van der Waals surface area contributed by atoms with E-state index in [0.717, 1.165) is 10.2 Å². The monoisotopic (exact) mass is 341 g/mol. The third-order valence-corrected chi connectivity index (χ3v) is 3.34. The van der Waals surface area contributed by atoms with Gasteiger partial charge in [0.25, 0.3) is 5.91 Å². The van der Waals surface area contributed by atoms with Crippen molar-refractivity contribution in [1.29, 1.82) is 0 Å². The molecule has 0 saturated carbocycles. The lowest BCUT2D eigenvalue weighted by Crippen LogP contribution is -2.17. The number of para-hydroxylation sites is 1. The Kier molecular flexibility index (Phi) is 4.17. The van der Waals surface area contributed by atoms with E-state index < -0.39 is 0 Å². The average molecular weight is 343 g/mol. The van der Waals surface area contributed by atoms with Gasteiger partial charge in [-0.25, -0.2) is 0 Å². The number of nitrogens with one attached hydrogen (secondary N) is 2. The van der Waals surface area contributed by atoms with Gasteiger partial charge in [0.2, 0.25) is 0 Å². The van der Waals surface area contributed by atoms with Crippen molar-refractivity contribution in [2.45, 2.75) is 0 Å². The summed E-state index contributed by atoms with van der Waals surface area (Å²) in [5, 5.41) is 3.44. The molecule has 0 spiro atoms. The fourth-order valence-electron chi connectivity index (χ4n) is 1.76. The van der Waals surface area contributed by atoms with Crippen LogP contribution in [0.1, 0.15) is 10.5 Å². The molecule has 0 atom stereocenters. The van der Waals surface area contributed by atoms with Crippen molar-refractivity contribution in [2.24, 2.45) is 0 Å². The second-order valence-corrected chi connectivity index (χ2v) is 5.54. The van der Waals surface area contributed by atoms with Crippen LogP contribution in [0.4, 0.5) is 11.4 Å². The van der Waals surface area contributed by atoms with Gasteiger partial charge in [-0.15, -0.1) is 0 Å². The third-order valence-electron chi connectivity index (χ3n) is 2.57. The summed E-state index contributed by atoms with van der Waals surface area (Å²) < 4.78 is 0.830. The third kappa shape index (κ3) is 3.11. The first-order valence-corrected chi connectivity index (χ1v) is 6.77. The van der Waals surface area contributed by atoms with Gasteiger partial charge in [-0.3, -0.25) is 4.79 Å². The molecule has 19 heavy (non-hydrogen) atoms. The molecular weight excluding hydrogens is 330 g/mol. The molecule has 4 nitrogen and oxygen atoms in total. The Labute approximate surface area is 124 Å². The van der Waals surface area contributed by atoms with Crippen LogP contribution >= 0.6 is 27.5 Å². The van der Waals surface area contributed by atoms with Gasteiger partial charge in [-0.05, 0) is 34.1 Å². The topological polar surface area (TPSA) is 48.1 Å². The predicted molar refractivity (Wildman–Crippen MR) is 82.2 cm³/mol. The number of carbonyl (C=O) groups excluding carboxylic acids is 1. The number of hydrogen-bond donors (Lipinski definition) is 2. The summed E-state index contributed by atoms with van der Waals surface area (Å²) in [5.74, 6) is -0.212. The molecule has 2 N–H and O–H groups in total. The lowest BCUT2D eigenvalue weighted by atomic mass is 10.2. The van der Waals surface area contributed by atoms with Gasteiger partial charge in [0.15, 0.2) is 0 Å². The smallest absolute Gasteiger partial charge is 0.272 e. The highest BCUT2D eigenvalue weighted by molar-refractivity contribution is 9.10. The minimum absolute atomic E-state index is 0.212. The number of benzene rings is 1. The lowest BCUT2D eigenvalue weighted by molar-refractivity contribution is 0.102. The summed E-state index contributed by atoms with van der Waals surface area (Å²) in [6.45, 7) is 0. The number of amides is 1. The molecule has 100 valence electrons. The van der Waals surface area contributed by atoms with Crippen LogP contribution in [0, 0.1) is 0 Å². The molecule has 0 radical (unpaired) electrons. The standard InChI is InChI=1S/C13H13BrClN3O/c1-18(2)12-9(15)4-3-5-10(12)17-13(19)11-6-8(14)7-16-11/h3-7,16H,1-2H3,(H,17,19). The van der Waals surface area contributed by atoms with Crippen LogP contribution in [0.3, 0.4) is 0 Å². The van der Waals surface area contributed by atoms with Crippen molar-refractivity contribution in [3.63, 3.8) is 0 Å². The lowest BCUT2D eigenvalue weighted by Gasteiger charge is -2.19. The molecule has 2 rings (SSSR count). The average Bonchev–Trinajstić information content (AvgIpc) is 2.75. The van der Waals surface area contributed by atoms with Crippen LogP contribution in [0.5, 0.6) is 0 Å². The van der Waals surface area contributed by atoms with E-state index in [2.05, 4.69) is 26.2 Å². The van der Waals surface area contributed by atoms with Crippen LogP contribution in [-0.2, 0) is 0 Å². The van der Waals surface area contributed by atoms with Crippen molar-refractivity contribution < 1.29 is 4.79 Å². The Hall–Kier alpha value is -1.46. The first kappa shape index (κ1) is 14.0. The highest BCUT2D eigenvalue weighted by Gasteiger charge is 2.13. The van der Waals surface area contributed by atoms with Gasteiger partial charge in [0.05, 0.1) is 16.4 Å². The highest BCUT2D eigenvalue weighted by Crippen LogP contribution is 2.32. The van der Waals surface area contributed by atoms with E-state index >= 15 is 0 Å². The zero-order valence-electron chi connectivity index (χ0n) is 10.5. The Balaban J connectivity index is 2.29. The van der Waals surface area contributed by atoms with Crippen molar-refractivity contribution in [1.82, 2.24) is 4.98 Å². The van der Waals surface area contributed by atoms with E-state index in [1.54, 1.807) is 24.4 Å². The molecule has 1 aromatic carbocycles. The van der Waals surface area contributed by atoms with E-state index in [0.29, 0.717) is 16.4 Å². The largest absolute Gasteiger partial charge is 0.375 e. The Morgan fingerprint density at radius 3 is 2.74 bits per heavy atom. The molecular formula is C13H13BrClN3O. The summed E-state index contributed by atoms with van der Waals surface area (Å²) >= 11 is 9.44. The van der Waals surface area contributed by atoms with Gasteiger partial charge >= 0.3 is 0 Å². The summed E-state index contributed by atoms with van der Waals surface area (Å²) in [7, 11) is 3.75. The normalized spacial score (nSPS) is 10.3. The first-order chi connectivity index (χ1) is 8.99. The predicted octanol–water partition coefficient (Wildman–Crippen LogP) is 3.75. The molecule has 0 aliphatic carbocycles. The van der Waals surface area contributed by atoms with Crippen LogP contribution < -0.4 is 10.2 Å². The number of halogens is 2. The molecule has 0 unspecified atom stereocenters. The van der Waals surface area contributed by atoms with E-state index in [4.69, 9.17) is 11.6 Å². The molecule has 6 heteroatoms. The minimum Gasteiger partial charge on any atom is -0.375 e. The number of carbonyl (C=O) groups is 1.